The number of rotatable bonds is 2. The second-order valence-electron chi connectivity index (χ2n) is 3.25. The zero-order valence-electron chi connectivity index (χ0n) is 8.55. The number of nitrogens with two attached hydrogens (primary N) is 1. The third-order valence-electron chi connectivity index (χ3n) is 2.18. The van der Waals surface area contributed by atoms with Crippen LogP contribution in [0.3, 0.4) is 0 Å². The molecule has 16 heavy (non-hydrogen) atoms. The van der Waals surface area contributed by atoms with Gasteiger partial charge < -0.3 is 0 Å². The third kappa shape index (κ3) is 2.07. The standard InChI is InChI=1S/C12H11N3O/c13-15-12(16)11-8-4-7-10(14-11)9-5-2-1-3-6-9/h1-8H,13H2,(H,15,16). The van der Waals surface area contributed by atoms with Crippen LogP contribution in [-0.4, -0.2) is 10.9 Å². The number of nitrogen functional groups attached to an aromatic ring is 1. The number of nitrogens with zero attached hydrogens (tertiary/aromatic N) is 1. The molecule has 0 saturated carbocycles. The molecule has 4 nitrogen and oxygen atoms in total. The Morgan fingerprint density at radius 1 is 1.06 bits per heavy atom. The summed E-state index contributed by atoms with van der Waals surface area (Å²) in [7, 11) is 0. The molecule has 80 valence electrons. The smallest absolute Gasteiger partial charge is 0.283 e. The Morgan fingerprint density at radius 3 is 2.50 bits per heavy atom. The SMILES string of the molecule is NNC(=O)c1cccc(-c2ccccc2)n1. The van der Waals surface area contributed by atoms with E-state index in [2.05, 4.69) is 10.4 Å². The van der Waals surface area contributed by atoms with Crippen molar-refractivity contribution >= 4 is 5.91 Å². The molecule has 1 aromatic carbocycles. The number of benzene rings is 1. The molecule has 4 heteroatoms. The van der Waals surface area contributed by atoms with E-state index in [9.17, 15) is 4.79 Å². The number of aromatic nitrogens is 1. The lowest BCUT2D eigenvalue weighted by Crippen LogP contribution is -2.30. The first-order valence-electron chi connectivity index (χ1n) is 4.84. The Hall–Kier alpha value is -2.20. The van der Waals surface area contributed by atoms with Crippen molar-refractivity contribution in [2.75, 3.05) is 0 Å². The van der Waals surface area contributed by atoms with Crippen LogP contribution in [0.5, 0.6) is 0 Å². The highest BCUT2D eigenvalue weighted by atomic mass is 16.2. The number of nitrogens with one attached hydrogen (secondary N) is 1. The van der Waals surface area contributed by atoms with Gasteiger partial charge in [0.2, 0.25) is 0 Å². The van der Waals surface area contributed by atoms with Crippen molar-refractivity contribution in [3.63, 3.8) is 0 Å². The van der Waals surface area contributed by atoms with E-state index in [0.717, 1.165) is 11.3 Å². The van der Waals surface area contributed by atoms with Crippen LogP contribution in [-0.2, 0) is 0 Å². The maximum Gasteiger partial charge on any atom is 0.283 e. The van der Waals surface area contributed by atoms with Crippen molar-refractivity contribution in [3.05, 3.63) is 54.2 Å². The molecule has 0 aliphatic rings. The third-order valence-corrected chi connectivity index (χ3v) is 2.18. The van der Waals surface area contributed by atoms with Gasteiger partial charge in [0, 0.05) is 5.56 Å². The molecule has 0 aliphatic carbocycles. The summed E-state index contributed by atoms with van der Waals surface area (Å²) in [5, 5.41) is 0. The predicted octanol–water partition coefficient (Wildman–Crippen LogP) is 1.35. The maximum atomic E-state index is 11.3. The van der Waals surface area contributed by atoms with Crippen LogP contribution in [0.4, 0.5) is 0 Å². The molecular formula is C12H11N3O. The summed E-state index contributed by atoms with van der Waals surface area (Å²) in [5.74, 6) is 4.66. The van der Waals surface area contributed by atoms with E-state index in [0.29, 0.717) is 5.69 Å². The lowest BCUT2D eigenvalue weighted by atomic mass is 10.1. The minimum Gasteiger partial charge on any atom is -0.289 e. The largest absolute Gasteiger partial charge is 0.289 e. The molecule has 2 aromatic rings. The molecule has 2 rings (SSSR count). The summed E-state index contributed by atoms with van der Waals surface area (Å²) in [6.45, 7) is 0. The van der Waals surface area contributed by atoms with Crippen LogP contribution < -0.4 is 11.3 Å². The van der Waals surface area contributed by atoms with Crippen LogP contribution in [0.1, 0.15) is 10.5 Å². The number of hydrogen-bond acceptors (Lipinski definition) is 3. The fourth-order valence-electron chi connectivity index (χ4n) is 1.40. The monoisotopic (exact) mass is 213 g/mol. The van der Waals surface area contributed by atoms with Gasteiger partial charge in [-0.1, -0.05) is 36.4 Å². The van der Waals surface area contributed by atoms with E-state index in [1.807, 2.05) is 36.4 Å². The van der Waals surface area contributed by atoms with E-state index in [-0.39, 0.29) is 0 Å². The molecule has 0 aliphatic heterocycles. The van der Waals surface area contributed by atoms with Gasteiger partial charge in [0.05, 0.1) is 5.69 Å². The van der Waals surface area contributed by atoms with Crippen molar-refractivity contribution in [3.8, 4) is 11.3 Å². The maximum absolute atomic E-state index is 11.3. The molecule has 0 radical (unpaired) electrons. The first-order chi connectivity index (χ1) is 7.81. The van der Waals surface area contributed by atoms with Gasteiger partial charge in [0.15, 0.2) is 0 Å². The molecule has 3 N–H and O–H groups in total. The molecule has 1 aromatic heterocycles. The Morgan fingerprint density at radius 2 is 1.81 bits per heavy atom. The molecule has 1 amide bonds. The van der Waals surface area contributed by atoms with Crippen LogP contribution in [0.25, 0.3) is 11.3 Å². The summed E-state index contributed by atoms with van der Waals surface area (Å²) in [4.78, 5) is 15.5. The average molecular weight is 213 g/mol. The quantitative estimate of drug-likeness (QED) is 0.449. The van der Waals surface area contributed by atoms with Crippen LogP contribution >= 0.6 is 0 Å². The number of amides is 1. The molecule has 0 atom stereocenters. The zero-order chi connectivity index (χ0) is 11.4. The normalized spacial score (nSPS) is 9.81. The van der Waals surface area contributed by atoms with E-state index < -0.39 is 5.91 Å². The van der Waals surface area contributed by atoms with Crippen LogP contribution in [0.2, 0.25) is 0 Å². The number of pyridine rings is 1. The molecule has 0 fully saturated rings. The first-order valence-corrected chi connectivity index (χ1v) is 4.84. The van der Waals surface area contributed by atoms with Crippen molar-refractivity contribution in [1.82, 2.24) is 10.4 Å². The number of hydrazine groups is 1. The molecule has 0 unspecified atom stereocenters. The van der Waals surface area contributed by atoms with E-state index in [4.69, 9.17) is 5.84 Å². The van der Waals surface area contributed by atoms with Crippen LogP contribution in [0.15, 0.2) is 48.5 Å². The van der Waals surface area contributed by atoms with E-state index in [1.54, 1.807) is 12.1 Å². The van der Waals surface area contributed by atoms with Crippen molar-refractivity contribution in [2.24, 2.45) is 5.84 Å². The van der Waals surface area contributed by atoms with Gasteiger partial charge in [-0.2, -0.15) is 0 Å². The molecular weight excluding hydrogens is 202 g/mol. The van der Waals surface area contributed by atoms with Gasteiger partial charge in [-0.3, -0.25) is 10.2 Å². The fourth-order valence-corrected chi connectivity index (χ4v) is 1.40. The second kappa shape index (κ2) is 4.55. The summed E-state index contributed by atoms with van der Waals surface area (Å²) >= 11 is 0. The topological polar surface area (TPSA) is 68.0 Å². The minimum atomic E-state index is -0.391. The molecule has 1 heterocycles. The van der Waals surface area contributed by atoms with Crippen molar-refractivity contribution in [2.45, 2.75) is 0 Å². The van der Waals surface area contributed by atoms with Gasteiger partial charge >= 0.3 is 0 Å². The second-order valence-corrected chi connectivity index (χ2v) is 3.25. The summed E-state index contributed by atoms with van der Waals surface area (Å²) < 4.78 is 0. The molecule has 0 bridgehead atoms. The Kier molecular flexibility index (Phi) is 2.93. The average Bonchev–Trinajstić information content (AvgIpc) is 2.39. The highest BCUT2D eigenvalue weighted by Gasteiger charge is 2.06. The van der Waals surface area contributed by atoms with Crippen molar-refractivity contribution < 1.29 is 4.79 Å². The minimum absolute atomic E-state index is 0.309. The van der Waals surface area contributed by atoms with Crippen molar-refractivity contribution in [1.29, 1.82) is 0 Å². The van der Waals surface area contributed by atoms with Gasteiger partial charge in [-0.25, -0.2) is 10.8 Å². The van der Waals surface area contributed by atoms with E-state index >= 15 is 0 Å². The summed E-state index contributed by atoms with van der Waals surface area (Å²) in [5.41, 5.74) is 4.09. The molecule has 0 saturated heterocycles. The van der Waals surface area contributed by atoms with E-state index in [1.165, 1.54) is 0 Å². The highest BCUT2D eigenvalue weighted by molar-refractivity contribution is 5.92. The lowest BCUT2D eigenvalue weighted by Gasteiger charge is -2.03. The fraction of sp³-hybridized carbons (Fsp3) is 0. The van der Waals surface area contributed by atoms with Crippen LogP contribution in [0, 0.1) is 0 Å². The lowest BCUT2D eigenvalue weighted by molar-refractivity contribution is 0.0949. The van der Waals surface area contributed by atoms with Gasteiger partial charge in [-0.15, -0.1) is 0 Å². The van der Waals surface area contributed by atoms with Gasteiger partial charge in [0.25, 0.3) is 5.91 Å². The zero-order valence-corrected chi connectivity index (χ0v) is 8.55. The predicted molar refractivity (Wildman–Crippen MR) is 61.3 cm³/mol. The number of carbonyl (C=O) groups excluding carboxylic acids is 1. The Labute approximate surface area is 93.1 Å². The number of carbonyl (C=O) groups is 1. The highest BCUT2D eigenvalue weighted by Crippen LogP contribution is 2.16. The summed E-state index contributed by atoms with van der Waals surface area (Å²) in [6, 6.07) is 14.9. The van der Waals surface area contributed by atoms with Gasteiger partial charge in [0.1, 0.15) is 5.69 Å². The number of hydrogen-bond donors (Lipinski definition) is 2. The molecule has 0 spiro atoms. The van der Waals surface area contributed by atoms with Gasteiger partial charge in [-0.05, 0) is 12.1 Å². The Bertz CT molecular complexity index is 497. The first kappa shape index (κ1) is 10.3. The Balaban J connectivity index is 2.40. The summed E-state index contributed by atoms with van der Waals surface area (Å²) in [6.07, 6.45) is 0.